The number of aliphatic imine (C=N–C) groups is 1. The largest absolute Gasteiger partial charge is 0.379 e. The lowest BCUT2D eigenvalue weighted by atomic mass is 9.96. The average molecular weight is 476 g/mol. The van der Waals surface area contributed by atoms with Crippen LogP contribution in [0.4, 0.5) is 0 Å². The van der Waals surface area contributed by atoms with Gasteiger partial charge in [0.2, 0.25) is 0 Å². The number of nitrogens with one attached hydrogen (secondary N) is 1. The normalized spacial score (nSPS) is 24.7. The van der Waals surface area contributed by atoms with Gasteiger partial charge < -0.3 is 15.8 Å². The van der Waals surface area contributed by atoms with Gasteiger partial charge in [-0.3, -0.25) is 9.89 Å². The van der Waals surface area contributed by atoms with Crippen LogP contribution < -0.4 is 11.1 Å². The Morgan fingerprint density at radius 1 is 1.28 bits per heavy atom. The Balaban J connectivity index is 0.00000225. The molecule has 25 heavy (non-hydrogen) atoms. The van der Waals surface area contributed by atoms with Crippen molar-refractivity contribution >= 4 is 41.7 Å². The van der Waals surface area contributed by atoms with E-state index in [-0.39, 0.29) is 29.5 Å². The van der Waals surface area contributed by atoms with Crippen molar-refractivity contribution in [3.63, 3.8) is 0 Å². The van der Waals surface area contributed by atoms with E-state index in [1.807, 2.05) is 17.8 Å². The summed E-state index contributed by atoms with van der Waals surface area (Å²) in [5, 5.41) is 3.25. The lowest BCUT2D eigenvalue weighted by Gasteiger charge is -2.42. The summed E-state index contributed by atoms with van der Waals surface area (Å²) < 4.78 is 5.50. The molecule has 0 aromatic heterocycles. The lowest BCUT2D eigenvalue weighted by molar-refractivity contribution is -0.0104. The van der Waals surface area contributed by atoms with Gasteiger partial charge in [0, 0.05) is 25.4 Å². The Bertz CT molecular complexity index is 531. The van der Waals surface area contributed by atoms with Crippen molar-refractivity contribution in [3.05, 3.63) is 35.9 Å². The van der Waals surface area contributed by atoms with E-state index in [1.165, 1.54) is 17.7 Å². The predicted molar refractivity (Wildman–Crippen MR) is 117 cm³/mol. The first kappa shape index (κ1) is 20.8. The van der Waals surface area contributed by atoms with Crippen LogP contribution in [0, 0.1) is 0 Å². The van der Waals surface area contributed by atoms with Crippen LogP contribution in [-0.4, -0.2) is 67.3 Å². The highest BCUT2D eigenvalue weighted by atomic mass is 127. The van der Waals surface area contributed by atoms with E-state index in [2.05, 4.69) is 39.5 Å². The number of benzene rings is 1. The third-order valence-corrected chi connectivity index (χ3v) is 6.11. The number of rotatable bonds is 6. The maximum Gasteiger partial charge on any atom is 0.188 e. The van der Waals surface area contributed by atoms with Gasteiger partial charge in [-0.05, 0) is 24.2 Å². The standard InChI is InChI=1S/C18H28N4OS.HI/c19-17(20-8-6-16-4-2-1-3-5-16)21-14-18(7-13-24-15-18)22-9-11-23-12-10-22;/h1-5H,6-15H2,(H3,19,20,21);1H. The lowest BCUT2D eigenvalue weighted by Crippen LogP contribution is -2.56. The molecule has 1 aromatic carbocycles. The zero-order valence-corrected chi connectivity index (χ0v) is 17.8. The summed E-state index contributed by atoms with van der Waals surface area (Å²) in [6.07, 6.45) is 2.15. The molecule has 2 aliphatic rings. The van der Waals surface area contributed by atoms with Gasteiger partial charge in [0.25, 0.3) is 0 Å². The number of guanidine groups is 1. The van der Waals surface area contributed by atoms with E-state index in [9.17, 15) is 0 Å². The molecular weight excluding hydrogens is 447 g/mol. The highest BCUT2D eigenvalue weighted by Gasteiger charge is 2.40. The summed E-state index contributed by atoms with van der Waals surface area (Å²) >= 11 is 2.03. The zero-order chi connectivity index (χ0) is 16.7. The van der Waals surface area contributed by atoms with Crippen molar-refractivity contribution in [2.45, 2.75) is 18.4 Å². The van der Waals surface area contributed by atoms with Crippen LogP contribution in [0.15, 0.2) is 35.3 Å². The fraction of sp³-hybridized carbons (Fsp3) is 0.611. The van der Waals surface area contributed by atoms with E-state index < -0.39 is 0 Å². The Morgan fingerprint density at radius 2 is 2.04 bits per heavy atom. The van der Waals surface area contributed by atoms with Crippen molar-refractivity contribution in [1.29, 1.82) is 0 Å². The minimum Gasteiger partial charge on any atom is -0.379 e. The van der Waals surface area contributed by atoms with Gasteiger partial charge in [-0.25, -0.2) is 0 Å². The number of thioether (sulfide) groups is 1. The van der Waals surface area contributed by atoms with Gasteiger partial charge in [-0.1, -0.05) is 30.3 Å². The molecule has 3 rings (SSSR count). The molecule has 1 unspecified atom stereocenters. The van der Waals surface area contributed by atoms with Gasteiger partial charge >= 0.3 is 0 Å². The summed E-state index contributed by atoms with van der Waals surface area (Å²) in [7, 11) is 0. The van der Waals surface area contributed by atoms with Crippen LogP contribution in [-0.2, 0) is 11.2 Å². The monoisotopic (exact) mass is 476 g/mol. The molecule has 7 heteroatoms. The molecule has 3 N–H and O–H groups in total. The van der Waals surface area contributed by atoms with Gasteiger partial charge in [0.05, 0.1) is 25.3 Å². The molecule has 1 aromatic rings. The van der Waals surface area contributed by atoms with Crippen LogP contribution in [0.2, 0.25) is 0 Å². The topological polar surface area (TPSA) is 62.9 Å². The maximum atomic E-state index is 6.09. The second-order valence-electron chi connectivity index (χ2n) is 6.49. The van der Waals surface area contributed by atoms with Crippen molar-refractivity contribution in [2.75, 3.05) is 50.9 Å². The van der Waals surface area contributed by atoms with Gasteiger partial charge in [0.15, 0.2) is 5.96 Å². The summed E-state index contributed by atoms with van der Waals surface area (Å²) in [5.41, 5.74) is 7.57. The first-order valence-electron chi connectivity index (χ1n) is 8.77. The Kier molecular flexibility index (Phi) is 8.81. The van der Waals surface area contributed by atoms with E-state index in [1.54, 1.807) is 0 Å². The maximum absolute atomic E-state index is 6.09. The number of hydrogen-bond donors (Lipinski definition) is 2. The van der Waals surface area contributed by atoms with E-state index in [0.717, 1.165) is 51.6 Å². The second-order valence-corrected chi connectivity index (χ2v) is 7.60. The number of nitrogens with zero attached hydrogens (tertiary/aromatic N) is 2. The molecule has 2 aliphatic heterocycles. The SMILES string of the molecule is I.NC(=NCC1(N2CCOCC2)CCSC1)NCCc1ccccc1. The van der Waals surface area contributed by atoms with Crippen LogP contribution in [0.1, 0.15) is 12.0 Å². The van der Waals surface area contributed by atoms with E-state index >= 15 is 0 Å². The highest BCUT2D eigenvalue weighted by molar-refractivity contribution is 14.0. The smallest absolute Gasteiger partial charge is 0.188 e. The summed E-state index contributed by atoms with van der Waals surface area (Å²) in [4.78, 5) is 7.24. The average Bonchev–Trinajstić information content (AvgIpc) is 3.12. The van der Waals surface area contributed by atoms with Gasteiger partial charge in [0.1, 0.15) is 0 Å². The van der Waals surface area contributed by atoms with Crippen LogP contribution in [0.3, 0.4) is 0 Å². The van der Waals surface area contributed by atoms with Crippen molar-refractivity contribution < 1.29 is 4.74 Å². The first-order chi connectivity index (χ1) is 11.8. The quantitative estimate of drug-likeness (QED) is 0.374. The second kappa shape index (κ2) is 10.6. The minimum absolute atomic E-state index is 0. The Labute approximate surface area is 172 Å². The highest BCUT2D eigenvalue weighted by Crippen LogP contribution is 2.34. The molecular formula is C18H29IN4OS. The number of ether oxygens (including phenoxy) is 1. The first-order valence-corrected chi connectivity index (χ1v) is 9.92. The van der Waals surface area contributed by atoms with Gasteiger partial charge in [-0.15, -0.1) is 24.0 Å². The summed E-state index contributed by atoms with van der Waals surface area (Å²) in [6, 6.07) is 10.4. The van der Waals surface area contributed by atoms with Crippen LogP contribution in [0.25, 0.3) is 0 Å². The summed E-state index contributed by atoms with van der Waals surface area (Å²) in [5.74, 6) is 2.93. The molecule has 0 bridgehead atoms. The van der Waals surface area contributed by atoms with Crippen molar-refractivity contribution in [3.8, 4) is 0 Å². The summed E-state index contributed by atoms with van der Waals surface area (Å²) in [6.45, 7) is 5.29. The molecule has 0 spiro atoms. The molecule has 140 valence electrons. The molecule has 0 aliphatic carbocycles. The molecule has 2 fully saturated rings. The Hall–Kier alpha value is -0.510. The van der Waals surface area contributed by atoms with E-state index in [4.69, 9.17) is 10.5 Å². The van der Waals surface area contributed by atoms with Crippen molar-refractivity contribution in [1.82, 2.24) is 10.2 Å². The number of halogens is 1. The predicted octanol–water partition coefficient (Wildman–Crippen LogP) is 1.96. The molecule has 2 heterocycles. The zero-order valence-electron chi connectivity index (χ0n) is 14.7. The van der Waals surface area contributed by atoms with Gasteiger partial charge in [-0.2, -0.15) is 11.8 Å². The molecule has 5 nitrogen and oxygen atoms in total. The number of hydrogen-bond acceptors (Lipinski definition) is 4. The molecule has 0 radical (unpaired) electrons. The molecule has 2 saturated heterocycles. The number of morpholine rings is 1. The minimum atomic E-state index is 0. The molecule has 0 amide bonds. The third kappa shape index (κ3) is 6.01. The molecule has 0 saturated carbocycles. The van der Waals surface area contributed by atoms with Crippen molar-refractivity contribution in [2.24, 2.45) is 10.7 Å². The van der Waals surface area contributed by atoms with E-state index in [0.29, 0.717) is 5.96 Å². The fourth-order valence-electron chi connectivity index (χ4n) is 3.38. The Morgan fingerprint density at radius 3 is 2.72 bits per heavy atom. The van der Waals surface area contributed by atoms with Crippen LogP contribution in [0.5, 0.6) is 0 Å². The van der Waals surface area contributed by atoms with Crippen LogP contribution >= 0.6 is 35.7 Å². The third-order valence-electron chi connectivity index (χ3n) is 4.87. The number of nitrogens with two attached hydrogens (primary N) is 1. The molecule has 1 atom stereocenters. The fourth-order valence-corrected chi connectivity index (χ4v) is 4.84.